The van der Waals surface area contributed by atoms with E-state index in [4.69, 9.17) is 9.47 Å². The number of fused-ring (bicyclic) bond motifs is 1. The normalized spacial score (nSPS) is 34.6. The van der Waals surface area contributed by atoms with Gasteiger partial charge < -0.3 is 19.5 Å². The lowest BCUT2D eigenvalue weighted by Gasteiger charge is -2.45. The molecule has 0 radical (unpaired) electrons. The number of aryl methyl sites for hydroxylation is 1. The minimum absolute atomic E-state index is 0.0217. The number of allylic oxidation sites excluding steroid dienone is 1. The summed E-state index contributed by atoms with van der Waals surface area (Å²) in [7, 11) is 1.96. The minimum Gasteiger partial charge on any atom is -0.396 e. The molecule has 4 atom stereocenters. The SMILES string of the molecule is COC1CCC([Si](C)(C)[C@@H]2[C@@H](CCn3cc(CCO)nn3)O[C@]3(C(=O)N(C)C4=C3CCCC4)[C@H]2C)CC1. The number of rotatable bonds is 8. The van der Waals surface area contributed by atoms with E-state index in [1.807, 2.05) is 29.9 Å². The largest absolute Gasteiger partial charge is 0.396 e. The summed E-state index contributed by atoms with van der Waals surface area (Å²) >= 11 is 0. The summed E-state index contributed by atoms with van der Waals surface area (Å²) in [5.74, 6) is 0.332. The van der Waals surface area contributed by atoms with Crippen LogP contribution in [-0.4, -0.2) is 77.6 Å². The van der Waals surface area contributed by atoms with Crippen molar-refractivity contribution in [3.63, 3.8) is 0 Å². The van der Waals surface area contributed by atoms with Gasteiger partial charge in [-0.15, -0.1) is 5.10 Å². The number of hydrogen-bond donors (Lipinski definition) is 1. The number of amides is 1. The summed E-state index contributed by atoms with van der Waals surface area (Å²) in [6.45, 7) is 8.24. The summed E-state index contributed by atoms with van der Waals surface area (Å²) in [5, 5.41) is 17.8. The fourth-order valence-corrected chi connectivity index (χ4v) is 13.4. The quantitative estimate of drug-likeness (QED) is 0.504. The van der Waals surface area contributed by atoms with E-state index in [1.165, 1.54) is 24.1 Å². The maximum atomic E-state index is 14.0. The molecule has 1 amide bonds. The number of likely N-dealkylation sites (N-methyl/N-ethyl adjacent to an activating group) is 1. The van der Waals surface area contributed by atoms with Crippen LogP contribution in [0.3, 0.4) is 0 Å². The van der Waals surface area contributed by atoms with Crippen molar-refractivity contribution in [3.8, 4) is 0 Å². The van der Waals surface area contributed by atoms with E-state index < -0.39 is 13.7 Å². The van der Waals surface area contributed by atoms with Gasteiger partial charge in [-0.2, -0.15) is 0 Å². The topological polar surface area (TPSA) is 89.7 Å². The Morgan fingerprint density at radius 1 is 1.22 bits per heavy atom. The Balaban J connectivity index is 1.46. The predicted octanol–water partition coefficient (Wildman–Crippen LogP) is 4.31. The highest BCUT2D eigenvalue weighted by atomic mass is 28.3. The van der Waals surface area contributed by atoms with Crippen molar-refractivity contribution >= 4 is 14.0 Å². The lowest BCUT2D eigenvalue weighted by Crippen LogP contribution is -2.49. The van der Waals surface area contributed by atoms with E-state index in [1.54, 1.807) is 0 Å². The second-order valence-electron chi connectivity index (χ2n) is 12.5. The molecule has 1 N–H and O–H groups in total. The number of carbonyl (C=O) groups is 1. The van der Waals surface area contributed by atoms with Crippen molar-refractivity contribution in [2.75, 3.05) is 20.8 Å². The Labute approximate surface area is 222 Å². The van der Waals surface area contributed by atoms with Crippen molar-refractivity contribution in [2.24, 2.45) is 5.92 Å². The molecule has 0 unspecified atom stereocenters. The summed E-state index contributed by atoms with van der Waals surface area (Å²) in [6.07, 6.45) is 12.7. The molecule has 9 heteroatoms. The number of carbonyl (C=O) groups excluding carboxylic acids is 1. The number of aliphatic hydroxyl groups excluding tert-OH is 1. The second-order valence-corrected chi connectivity index (χ2v) is 17.6. The van der Waals surface area contributed by atoms with Gasteiger partial charge in [0.05, 0.1) is 26.0 Å². The molecule has 0 bridgehead atoms. The zero-order valence-electron chi connectivity index (χ0n) is 23.4. The molecule has 5 rings (SSSR count). The molecule has 206 valence electrons. The molecule has 8 nitrogen and oxygen atoms in total. The molecule has 1 aromatic heterocycles. The molecular weight excluding hydrogens is 484 g/mol. The molecule has 2 fully saturated rings. The maximum Gasteiger partial charge on any atom is 0.263 e. The molecule has 1 saturated carbocycles. The Morgan fingerprint density at radius 3 is 2.65 bits per heavy atom. The standard InChI is InChI=1S/C28H46N4O4Si/c1-19-26(37(4,5)22-12-10-21(35-3)11-13-22)25(14-16-32-18-20(15-17-33)29-30-32)36-28(19)23-8-6-7-9-24(23)31(2)27(28)34/h18-19,21-22,25-26,33H,6-17H2,1-5H3/t19-,21?,22?,25+,26-,28+/m0/s1. The predicted molar refractivity (Wildman–Crippen MR) is 145 cm³/mol. The van der Waals surface area contributed by atoms with Gasteiger partial charge in [0.1, 0.15) is 0 Å². The Kier molecular flexibility index (Phi) is 7.70. The van der Waals surface area contributed by atoms with Crippen molar-refractivity contribution < 1.29 is 19.4 Å². The van der Waals surface area contributed by atoms with E-state index in [0.29, 0.717) is 30.2 Å². The van der Waals surface area contributed by atoms with Crippen LogP contribution in [0.25, 0.3) is 0 Å². The first-order chi connectivity index (χ1) is 17.7. The van der Waals surface area contributed by atoms with Crippen molar-refractivity contribution in [2.45, 2.75) is 120 Å². The number of aliphatic hydroxyl groups is 1. The lowest BCUT2D eigenvalue weighted by molar-refractivity contribution is -0.148. The van der Waals surface area contributed by atoms with Crippen molar-refractivity contribution in [1.29, 1.82) is 0 Å². The van der Waals surface area contributed by atoms with Gasteiger partial charge in [0, 0.05) is 51.5 Å². The first-order valence-corrected chi connectivity index (χ1v) is 17.6. The first-order valence-electron chi connectivity index (χ1n) is 14.4. The Morgan fingerprint density at radius 2 is 1.95 bits per heavy atom. The summed E-state index contributed by atoms with van der Waals surface area (Å²) in [5.41, 5.74) is 3.63. The molecule has 1 aromatic rings. The third-order valence-electron chi connectivity index (χ3n) is 10.3. The van der Waals surface area contributed by atoms with Gasteiger partial charge in [0.25, 0.3) is 5.91 Å². The molecule has 37 heavy (non-hydrogen) atoms. The summed E-state index contributed by atoms with van der Waals surface area (Å²) in [4.78, 5) is 16.0. The van der Waals surface area contributed by atoms with Crippen LogP contribution in [0.1, 0.15) is 70.4 Å². The lowest BCUT2D eigenvalue weighted by atomic mass is 9.78. The van der Waals surface area contributed by atoms with Crippen LogP contribution < -0.4 is 0 Å². The highest BCUT2D eigenvalue weighted by molar-refractivity contribution is 6.80. The molecular formula is C28H46N4O4Si. The number of hydrogen-bond acceptors (Lipinski definition) is 6. The fourth-order valence-electron chi connectivity index (χ4n) is 8.36. The van der Waals surface area contributed by atoms with Crippen molar-refractivity contribution in [1.82, 2.24) is 19.9 Å². The molecule has 4 aliphatic rings. The number of aromatic nitrogens is 3. The number of nitrogens with zero attached hydrogens (tertiary/aromatic N) is 4. The number of methoxy groups -OCH3 is 1. The summed E-state index contributed by atoms with van der Waals surface area (Å²) < 4.78 is 14.7. The molecule has 2 aliphatic carbocycles. The van der Waals surface area contributed by atoms with Crippen LogP contribution >= 0.6 is 0 Å². The van der Waals surface area contributed by atoms with Gasteiger partial charge in [-0.05, 0) is 61.6 Å². The molecule has 1 spiro atoms. The summed E-state index contributed by atoms with van der Waals surface area (Å²) in [6, 6.07) is 0. The van der Waals surface area contributed by atoms with Gasteiger partial charge in [0.2, 0.25) is 0 Å². The Hall–Kier alpha value is -1.55. The van der Waals surface area contributed by atoms with E-state index in [2.05, 4.69) is 30.3 Å². The van der Waals surface area contributed by atoms with Crippen LogP contribution in [0.2, 0.25) is 24.2 Å². The second kappa shape index (κ2) is 10.5. The van der Waals surface area contributed by atoms with Gasteiger partial charge in [-0.1, -0.05) is 38.1 Å². The smallest absolute Gasteiger partial charge is 0.263 e. The van der Waals surface area contributed by atoms with Gasteiger partial charge in [0.15, 0.2) is 5.60 Å². The number of ether oxygens (including phenoxy) is 2. The van der Waals surface area contributed by atoms with Crippen LogP contribution in [0.5, 0.6) is 0 Å². The first kappa shape index (κ1) is 27.0. The highest BCUT2D eigenvalue weighted by Crippen LogP contribution is 2.61. The monoisotopic (exact) mass is 530 g/mol. The third-order valence-corrected chi connectivity index (χ3v) is 15.6. The van der Waals surface area contributed by atoms with Gasteiger partial charge >= 0.3 is 0 Å². The van der Waals surface area contributed by atoms with Gasteiger partial charge in [-0.3, -0.25) is 9.48 Å². The van der Waals surface area contributed by atoms with E-state index >= 15 is 0 Å². The fraction of sp³-hybridized carbons (Fsp3) is 0.821. The maximum absolute atomic E-state index is 14.0. The highest BCUT2D eigenvalue weighted by Gasteiger charge is 2.66. The zero-order chi connectivity index (χ0) is 26.4. The molecule has 2 aliphatic heterocycles. The average molecular weight is 531 g/mol. The van der Waals surface area contributed by atoms with Crippen LogP contribution in [0.4, 0.5) is 0 Å². The zero-order valence-corrected chi connectivity index (χ0v) is 24.4. The van der Waals surface area contributed by atoms with Crippen LogP contribution in [-0.2, 0) is 27.2 Å². The molecule has 3 heterocycles. The Bertz CT molecular complexity index is 1020. The molecule has 0 aromatic carbocycles. The van der Waals surface area contributed by atoms with E-state index in [0.717, 1.165) is 50.6 Å². The van der Waals surface area contributed by atoms with Crippen molar-refractivity contribution in [3.05, 3.63) is 23.2 Å². The van der Waals surface area contributed by atoms with Crippen LogP contribution in [0, 0.1) is 5.92 Å². The minimum atomic E-state index is -1.84. The molecule has 1 saturated heterocycles. The van der Waals surface area contributed by atoms with Crippen LogP contribution in [0.15, 0.2) is 17.5 Å². The van der Waals surface area contributed by atoms with E-state index in [-0.39, 0.29) is 24.5 Å². The van der Waals surface area contributed by atoms with Gasteiger partial charge in [-0.25, -0.2) is 0 Å². The van der Waals surface area contributed by atoms with E-state index in [9.17, 15) is 9.90 Å². The third kappa shape index (κ3) is 4.53. The average Bonchev–Trinajstić information content (AvgIpc) is 3.54.